The third-order valence-electron chi connectivity index (χ3n) is 2.76. The van der Waals surface area contributed by atoms with Crippen molar-refractivity contribution in [3.8, 4) is 0 Å². The summed E-state index contributed by atoms with van der Waals surface area (Å²) in [6, 6.07) is -0.472. The van der Waals surface area contributed by atoms with E-state index >= 15 is 0 Å². The zero-order valence-electron chi connectivity index (χ0n) is 9.36. The van der Waals surface area contributed by atoms with Gasteiger partial charge in [-0.2, -0.15) is 0 Å². The molecule has 15 heavy (non-hydrogen) atoms. The van der Waals surface area contributed by atoms with Gasteiger partial charge < -0.3 is 10.2 Å². The number of hydrogen-bond donors (Lipinski definition) is 1. The van der Waals surface area contributed by atoms with Gasteiger partial charge in [0.25, 0.3) is 0 Å². The van der Waals surface area contributed by atoms with Crippen molar-refractivity contribution in [2.75, 3.05) is 25.1 Å². The van der Waals surface area contributed by atoms with Crippen molar-refractivity contribution in [2.24, 2.45) is 0 Å². The molecule has 0 spiro atoms. The molecule has 0 bridgehead atoms. The summed E-state index contributed by atoms with van der Waals surface area (Å²) in [7, 11) is -1.23. The van der Waals surface area contributed by atoms with Gasteiger partial charge in [-0.3, -0.25) is 4.79 Å². The van der Waals surface area contributed by atoms with Gasteiger partial charge in [0.1, 0.15) is 0 Å². The SMILES string of the molecule is CNC(C)C(=O)N1CCS(=O)(=O)CC1C. The first kappa shape index (κ1) is 12.4. The summed E-state index contributed by atoms with van der Waals surface area (Å²) in [5.74, 6) is 0.134. The predicted molar refractivity (Wildman–Crippen MR) is 58.4 cm³/mol. The fourth-order valence-electron chi connectivity index (χ4n) is 1.70. The number of carbonyl (C=O) groups is 1. The summed E-state index contributed by atoms with van der Waals surface area (Å²) in [6.07, 6.45) is 0. The molecule has 2 atom stereocenters. The first-order valence-corrected chi connectivity index (χ1v) is 6.87. The fourth-order valence-corrected chi connectivity index (χ4v) is 3.25. The van der Waals surface area contributed by atoms with Crippen LogP contribution in [0.5, 0.6) is 0 Å². The van der Waals surface area contributed by atoms with Crippen LogP contribution >= 0.6 is 0 Å². The second-order valence-electron chi connectivity index (χ2n) is 4.01. The summed E-state index contributed by atoms with van der Waals surface area (Å²) < 4.78 is 22.6. The Kier molecular flexibility index (Phi) is 3.72. The van der Waals surface area contributed by atoms with Crippen LogP contribution in [-0.2, 0) is 14.6 Å². The minimum absolute atomic E-state index is 0.0279. The Morgan fingerprint density at radius 2 is 2.13 bits per heavy atom. The second kappa shape index (κ2) is 4.49. The molecule has 1 fully saturated rings. The third-order valence-corrected chi connectivity index (χ3v) is 4.55. The normalized spacial score (nSPS) is 27.4. The van der Waals surface area contributed by atoms with Crippen molar-refractivity contribution in [3.05, 3.63) is 0 Å². The topological polar surface area (TPSA) is 66.5 Å². The first-order chi connectivity index (χ1) is 6.87. The molecule has 1 amide bonds. The van der Waals surface area contributed by atoms with E-state index in [0.717, 1.165) is 0 Å². The molecule has 1 heterocycles. The van der Waals surface area contributed by atoms with Crippen LogP contribution in [0.25, 0.3) is 0 Å². The van der Waals surface area contributed by atoms with Gasteiger partial charge in [-0.15, -0.1) is 0 Å². The highest BCUT2D eigenvalue weighted by molar-refractivity contribution is 7.91. The molecule has 0 aliphatic carbocycles. The van der Waals surface area contributed by atoms with E-state index < -0.39 is 9.84 Å². The zero-order valence-corrected chi connectivity index (χ0v) is 10.2. The van der Waals surface area contributed by atoms with Crippen LogP contribution < -0.4 is 5.32 Å². The summed E-state index contributed by atoms with van der Waals surface area (Å²) in [5, 5.41) is 2.86. The molecular formula is C9H18N2O3S. The molecule has 0 aromatic carbocycles. The van der Waals surface area contributed by atoms with E-state index in [1.165, 1.54) is 0 Å². The van der Waals surface area contributed by atoms with E-state index in [2.05, 4.69) is 5.32 Å². The van der Waals surface area contributed by atoms with Crippen LogP contribution in [0.2, 0.25) is 0 Å². The van der Waals surface area contributed by atoms with Crippen LogP contribution in [0.4, 0.5) is 0 Å². The average Bonchev–Trinajstić information content (AvgIpc) is 2.14. The Morgan fingerprint density at radius 3 is 2.60 bits per heavy atom. The lowest BCUT2D eigenvalue weighted by molar-refractivity contribution is -0.134. The molecule has 0 aromatic heterocycles. The summed E-state index contributed by atoms with van der Waals surface area (Å²) in [6.45, 7) is 3.86. The summed E-state index contributed by atoms with van der Waals surface area (Å²) in [5.41, 5.74) is 0. The Hall–Kier alpha value is -0.620. The summed E-state index contributed by atoms with van der Waals surface area (Å²) >= 11 is 0. The van der Waals surface area contributed by atoms with Crippen LogP contribution in [0.15, 0.2) is 0 Å². The van der Waals surface area contributed by atoms with Crippen LogP contribution in [0.1, 0.15) is 13.8 Å². The van der Waals surface area contributed by atoms with Gasteiger partial charge in [0.05, 0.1) is 17.5 Å². The highest BCUT2D eigenvalue weighted by Gasteiger charge is 2.32. The highest BCUT2D eigenvalue weighted by atomic mass is 32.2. The molecule has 1 aliphatic heterocycles. The van der Waals surface area contributed by atoms with E-state index in [4.69, 9.17) is 0 Å². The molecule has 0 saturated carbocycles. The largest absolute Gasteiger partial charge is 0.337 e. The fraction of sp³-hybridized carbons (Fsp3) is 0.889. The quantitative estimate of drug-likeness (QED) is 0.682. The number of carbonyl (C=O) groups excluding carboxylic acids is 1. The van der Waals surface area contributed by atoms with E-state index in [9.17, 15) is 13.2 Å². The van der Waals surface area contributed by atoms with Crippen molar-refractivity contribution in [3.63, 3.8) is 0 Å². The first-order valence-electron chi connectivity index (χ1n) is 5.05. The van der Waals surface area contributed by atoms with Crippen LogP contribution in [0, 0.1) is 0 Å². The third kappa shape index (κ3) is 2.92. The number of likely N-dealkylation sites (N-methyl/N-ethyl adjacent to an activating group) is 1. The van der Waals surface area contributed by atoms with Gasteiger partial charge in [-0.1, -0.05) is 0 Å². The molecule has 0 radical (unpaired) electrons. The van der Waals surface area contributed by atoms with Gasteiger partial charge in [0, 0.05) is 12.6 Å². The maximum Gasteiger partial charge on any atom is 0.239 e. The molecule has 1 rings (SSSR count). The lowest BCUT2D eigenvalue weighted by Crippen LogP contribution is -2.54. The minimum Gasteiger partial charge on any atom is -0.337 e. The number of nitrogens with one attached hydrogen (secondary N) is 1. The van der Waals surface area contributed by atoms with Gasteiger partial charge >= 0.3 is 0 Å². The number of sulfone groups is 1. The van der Waals surface area contributed by atoms with Crippen LogP contribution in [0.3, 0.4) is 0 Å². The smallest absolute Gasteiger partial charge is 0.239 e. The zero-order chi connectivity index (χ0) is 11.6. The monoisotopic (exact) mass is 234 g/mol. The van der Waals surface area contributed by atoms with Crippen molar-refractivity contribution in [2.45, 2.75) is 25.9 Å². The molecule has 1 saturated heterocycles. The Morgan fingerprint density at radius 1 is 1.53 bits per heavy atom. The number of rotatable bonds is 2. The van der Waals surface area contributed by atoms with Crippen molar-refractivity contribution >= 4 is 15.7 Å². The number of amides is 1. The van der Waals surface area contributed by atoms with Crippen molar-refractivity contribution in [1.29, 1.82) is 0 Å². The van der Waals surface area contributed by atoms with Gasteiger partial charge in [-0.05, 0) is 20.9 Å². The highest BCUT2D eigenvalue weighted by Crippen LogP contribution is 2.12. The molecule has 6 heteroatoms. The molecule has 1 N–H and O–H groups in total. The maximum atomic E-state index is 11.8. The van der Waals surface area contributed by atoms with Crippen LogP contribution in [-0.4, -0.2) is 56.4 Å². The molecular weight excluding hydrogens is 216 g/mol. The van der Waals surface area contributed by atoms with E-state index in [1.54, 1.807) is 25.8 Å². The molecule has 5 nitrogen and oxygen atoms in total. The molecule has 1 aliphatic rings. The number of hydrogen-bond acceptors (Lipinski definition) is 4. The molecule has 88 valence electrons. The summed E-state index contributed by atoms with van der Waals surface area (Å²) in [4.78, 5) is 13.5. The standard InChI is InChI=1S/C9H18N2O3S/c1-7-6-15(13,14)5-4-11(7)9(12)8(2)10-3/h7-8,10H,4-6H2,1-3H3. The predicted octanol–water partition coefficient (Wildman–Crippen LogP) is -0.760. The van der Waals surface area contributed by atoms with Crippen molar-refractivity contribution in [1.82, 2.24) is 10.2 Å². The van der Waals surface area contributed by atoms with E-state index in [0.29, 0.717) is 6.54 Å². The maximum absolute atomic E-state index is 11.8. The lowest BCUT2D eigenvalue weighted by Gasteiger charge is -2.34. The number of nitrogens with zero attached hydrogens (tertiary/aromatic N) is 1. The van der Waals surface area contributed by atoms with Gasteiger partial charge in [0.15, 0.2) is 9.84 Å². The van der Waals surface area contributed by atoms with Gasteiger partial charge in [-0.25, -0.2) is 8.42 Å². The minimum atomic E-state index is -2.95. The molecule has 0 aromatic rings. The van der Waals surface area contributed by atoms with Crippen molar-refractivity contribution < 1.29 is 13.2 Å². The Bertz CT molecular complexity index is 339. The Balaban J connectivity index is 2.70. The average molecular weight is 234 g/mol. The second-order valence-corrected chi connectivity index (χ2v) is 6.23. The van der Waals surface area contributed by atoms with E-state index in [1.807, 2.05) is 0 Å². The molecule has 2 unspecified atom stereocenters. The Labute approximate surface area is 90.7 Å². The van der Waals surface area contributed by atoms with E-state index in [-0.39, 0.29) is 29.5 Å². The lowest BCUT2D eigenvalue weighted by atomic mass is 10.2. The van der Waals surface area contributed by atoms with Gasteiger partial charge in [0.2, 0.25) is 5.91 Å².